The van der Waals surface area contributed by atoms with E-state index in [1.54, 1.807) is 20.5 Å². The lowest BCUT2D eigenvalue weighted by molar-refractivity contribution is 0.354. The summed E-state index contributed by atoms with van der Waals surface area (Å²) >= 11 is 3.50. The molecule has 102 valence electrons. The van der Waals surface area contributed by atoms with Crippen LogP contribution < -0.4 is 14.8 Å². The van der Waals surface area contributed by atoms with Gasteiger partial charge < -0.3 is 14.8 Å². The quantitative estimate of drug-likeness (QED) is 0.773. The SMILES string of the molecule is COc1cc(Br)c(CNCCS(C)=O)cc1OC. The van der Waals surface area contributed by atoms with Gasteiger partial charge >= 0.3 is 0 Å². The summed E-state index contributed by atoms with van der Waals surface area (Å²) in [6, 6.07) is 3.81. The van der Waals surface area contributed by atoms with Crippen molar-refractivity contribution in [3.63, 3.8) is 0 Å². The molecule has 0 aliphatic carbocycles. The Hall–Kier alpha value is -0.590. The number of hydrogen-bond acceptors (Lipinski definition) is 4. The molecule has 1 rings (SSSR count). The number of ether oxygens (including phenoxy) is 2. The van der Waals surface area contributed by atoms with Gasteiger partial charge in [-0.05, 0) is 17.7 Å². The van der Waals surface area contributed by atoms with E-state index in [0.29, 0.717) is 23.8 Å². The zero-order chi connectivity index (χ0) is 13.5. The van der Waals surface area contributed by atoms with Gasteiger partial charge in [-0.3, -0.25) is 4.21 Å². The molecule has 18 heavy (non-hydrogen) atoms. The van der Waals surface area contributed by atoms with Crippen LogP contribution in [0, 0.1) is 0 Å². The summed E-state index contributed by atoms with van der Waals surface area (Å²) < 4.78 is 22.4. The fourth-order valence-corrected chi connectivity index (χ4v) is 2.37. The number of halogens is 1. The number of hydrogen-bond donors (Lipinski definition) is 1. The molecular formula is C12H18BrNO3S. The van der Waals surface area contributed by atoms with Crippen LogP contribution in [0.4, 0.5) is 0 Å². The summed E-state index contributed by atoms with van der Waals surface area (Å²) in [6.45, 7) is 1.42. The van der Waals surface area contributed by atoms with Crippen molar-refractivity contribution in [3.05, 3.63) is 22.2 Å². The maximum Gasteiger partial charge on any atom is 0.161 e. The van der Waals surface area contributed by atoms with Crippen LogP contribution in [0.3, 0.4) is 0 Å². The van der Waals surface area contributed by atoms with Crippen molar-refractivity contribution in [1.82, 2.24) is 5.32 Å². The van der Waals surface area contributed by atoms with Gasteiger partial charge in [0.05, 0.1) is 14.2 Å². The van der Waals surface area contributed by atoms with Crippen LogP contribution in [0.25, 0.3) is 0 Å². The van der Waals surface area contributed by atoms with E-state index < -0.39 is 10.8 Å². The molecule has 0 radical (unpaired) electrons. The molecule has 4 nitrogen and oxygen atoms in total. The Bertz CT molecular complexity index is 426. The first kappa shape index (κ1) is 15.5. The Balaban J connectivity index is 2.68. The zero-order valence-electron chi connectivity index (χ0n) is 10.8. The molecule has 0 amide bonds. The number of methoxy groups -OCH3 is 2. The molecule has 0 aliphatic heterocycles. The number of benzene rings is 1. The molecule has 0 bridgehead atoms. The Morgan fingerprint density at radius 3 is 2.44 bits per heavy atom. The Kier molecular flexibility index (Phi) is 6.67. The van der Waals surface area contributed by atoms with Crippen LogP contribution in [0.15, 0.2) is 16.6 Å². The largest absolute Gasteiger partial charge is 0.493 e. The molecule has 1 unspecified atom stereocenters. The third kappa shape index (κ3) is 4.59. The molecule has 0 saturated carbocycles. The average molecular weight is 336 g/mol. The third-order valence-electron chi connectivity index (χ3n) is 2.43. The van der Waals surface area contributed by atoms with Crippen LogP contribution in [-0.2, 0) is 17.3 Å². The summed E-state index contributed by atoms with van der Waals surface area (Å²) in [4.78, 5) is 0. The fourth-order valence-electron chi connectivity index (χ4n) is 1.47. The summed E-state index contributed by atoms with van der Waals surface area (Å²) in [7, 11) is 2.47. The van der Waals surface area contributed by atoms with Gasteiger partial charge in [0.15, 0.2) is 11.5 Å². The summed E-state index contributed by atoms with van der Waals surface area (Å²) in [5, 5.41) is 3.24. The van der Waals surface area contributed by atoms with Crippen molar-refractivity contribution in [3.8, 4) is 11.5 Å². The average Bonchev–Trinajstić information content (AvgIpc) is 2.35. The van der Waals surface area contributed by atoms with Crippen molar-refractivity contribution in [2.24, 2.45) is 0 Å². The van der Waals surface area contributed by atoms with Crippen molar-refractivity contribution >= 4 is 26.7 Å². The molecule has 0 spiro atoms. The van der Waals surface area contributed by atoms with Gasteiger partial charge in [-0.25, -0.2) is 0 Å². The third-order valence-corrected chi connectivity index (χ3v) is 3.95. The molecule has 1 aromatic carbocycles. The van der Waals surface area contributed by atoms with Crippen molar-refractivity contribution < 1.29 is 13.7 Å². The maximum atomic E-state index is 10.9. The predicted octanol–water partition coefficient (Wildman–Crippen LogP) is 1.93. The van der Waals surface area contributed by atoms with Gasteiger partial charge in [0, 0.05) is 40.4 Å². The monoisotopic (exact) mass is 335 g/mol. The fraction of sp³-hybridized carbons (Fsp3) is 0.500. The molecule has 0 saturated heterocycles. The molecule has 0 fully saturated rings. The van der Waals surface area contributed by atoms with E-state index in [1.807, 2.05) is 12.1 Å². The topological polar surface area (TPSA) is 47.6 Å². The van der Waals surface area contributed by atoms with E-state index in [0.717, 1.165) is 16.6 Å². The standard InChI is InChI=1S/C12H18BrNO3S/c1-16-11-6-9(8-14-4-5-18(3)15)10(13)7-12(11)17-2/h6-7,14H,4-5,8H2,1-3H3. The lowest BCUT2D eigenvalue weighted by Gasteiger charge is -2.12. The van der Waals surface area contributed by atoms with Crippen LogP contribution in [-0.4, -0.2) is 37.0 Å². The van der Waals surface area contributed by atoms with Crippen molar-refractivity contribution in [2.75, 3.05) is 32.8 Å². The second-order valence-electron chi connectivity index (χ2n) is 3.75. The van der Waals surface area contributed by atoms with E-state index in [2.05, 4.69) is 21.2 Å². The molecule has 0 heterocycles. The molecule has 0 aliphatic rings. The van der Waals surface area contributed by atoms with Crippen molar-refractivity contribution in [2.45, 2.75) is 6.54 Å². The van der Waals surface area contributed by atoms with Gasteiger partial charge in [0.1, 0.15) is 0 Å². The summed E-state index contributed by atoms with van der Waals surface area (Å²) in [5.41, 5.74) is 1.08. The van der Waals surface area contributed by atoms with Crippen LogP contribution in [0.2, 0.25) is 0 Å². The van der Waals surface area contributed by atoms with E-state index >= 15 is 0 Å². The van der Waals surface area contributed by atoms with Crippen LogP contribution in [0.5, 0.6) is 11.5 Å². The van der Waals surface area contributed by atoms with Crippen LogP contribution >= 0.6 is 15.9 Å². The first-order valence-electron chi connectivity index (χ1n) is 5.49. The highest BCUT2D eigenvalue weighted by atomic mass is 79.9. The minimum Gasteiger partial charge on any atom is -0.493 e. The minimum absolute atomic E-state index is 0.658. The van der Waals surface area contributed by atoms with Crippen LogP contribution in [0.1, 0.15) is 5.56 Å². The highest BCUT2D eigenvalue weighted by Gasteiger charge is 2.09. The smallest absolute Gasteiger partial charge is 0.161 e. The first-order valence-corrected chi connectivity index (χ1v) is 8.01. The lowest BCUT2D eigenvalue weighted by atomic mass is 10.2. The molecule has 6 heteroatoms. The zero-order valence-corrected chi connectivity index (χ0v) is 13.2. The lowest BCUT2D eigenvalue weighted by Crippen LogP contribution is -2.19. The second kappa shape index (κ2) is 7.76. The minimum atomic E-state index is -0.759. The molecule has 1 atom stereocenters. The van der Waals surface area contributed by atoms with E-state index in [1.165, 1.54) is 0 Å². The maximum absolute atomic E-state index is 10.9. The van der Waals surface area contributed by atoms with Gasteiger partial charge in [0.25, 0.3) is 0 Å². The van der Waals surface area contributed by atoms with Gasteiger partial charge in [-0.1, -0.05) is 15.9 Å². The Labute approximate surface area is 119 Å². The molecule has 1 N–H and O–H groups in total. The number of nitrogens with one attached hydrogen (secondary N) is 1. The van der Waals surface area contributed by atoms with Gasteiger partial charge in [-0.15, -0.1) is 0 Å². The van der Waals surface area contributed by atoms with E-state index in [4.69, 9.17) is 9.47 Å². The highest BCUT2D eigenvalue weighted by molar-refractivity contribution is 9.10. The Morgan fingerprint density at radius 1 is 1.28 bits per heavy atom. The molecule has 1 aromatic rings. The van der Waals surface area contributed by atoms with E-state index in [-0.39, 0.29) is 0 Å². The molecular weight excluding hydrogens is 318 g/mol. The normalized spacial score (nSPS) is 12.2. The highest BCUT2D eigenvalue weighted by Crippen LogP contribution is 2.33. The van der Waals surface area contributed by atoms with E-state index in [9.17, 15) is 4.21 Å². The molecule has 0 aromatic heterocycles. The summed E-state index contributed by atoms with van der Waals surface area (Å²) in [6.07, 6.45) is 1.70. The Morgan fingerprint density at radius 2 is 1.89 bits per heavy atom. The van der Waals surface area contributed by atoms with Gasteiger partial charge in [0.2, 0.25) is 0 Å². The predicted molar refractivity (Wildman–Crippen MR) is 77.9 cm³/mol. The first-order chi connectivity index (χ1) is 8.58. The van der Waals surface area contributed by atoms with Gasteiger partial charge in [-0.2, -0.15) is 0 Å². The second-order valence-corrected chi connectivity index (χ2v) is 6.16. The number of rotatable bonds is 7. The summed E-state index contributed by atoms with van der Waals surface area (Å²) in [5.74, 6) is 2.06. The van der Waals surface area contributed by atoms with Crippen molar-refractivity contribution in [1.29, 1.82) is 0 Å².